The summed E-state index contributed by atoms with van der Waals surface area (Å²) in [4.78, 5) is 12.2. The van der Waals surface area contributed by atoms with Gasteiger partial charge < -0.3 is 9.30 Å². The molecule has 19 heavy (non-hydrogen) atoms. The Bertz CT molecular complexity index is 473. The Balaban J connectivity index is 1.96. The summed E-state index contributed by atoms with van der Waals surface area (Å²) >= 11 is 0. The third-order valence-corrected chi connectivity index (χ3v) is 4.41. The fourth-order valence-corrected chi connectivity index (χ4v) is 3.31. The van der Waals surface area contributed by atoms with Crippen LogP contribution in [0.1, 0.15) is 62.1 Å². The highest BCUT2D eigenvalue weighted by atomic mass is 16.5. The maximum absolute atomic E-state index is 12.2. The van der Waals surface area contributed by atoms with Crippen molar-refractivity contribution in [2.45, 2.75) is 57.4 Å². The first-order chi connectivity index (χ1) is 9.22. The van der Waals surface area contributed by atoms with Crippen LogP contribution in [0, 0.1) is 12.8 Å². The van der Waals surface area contributed by atoms with Crippen LogP contribution < -0.4 is 0 Å². The summed E-state index contributed by atoms with van der Waals surface area (Å²) in [5.74, 6) is 1.74. The Morgan fingerprint density at radius 3 is 2.53 bits per heavy atom. The number of methoxy groups -OCH3 is 1. The minimum absolute atomic E-state index is 0.152. The molecular weight excluding hydrogens is 242 g/mol. The van der Waals surface area contributed by atoms with Crippen molar-refractivity contribution < 1.29 is 9.53 Å². The molecule has 0 spiro atoms. The summed E-state index contributed by atoms with van der Waals surface area (Å²) in [5, 5.41) is 8.50. The summed E-state index contributed by atoms with van der Waals surface area (Å²) in [7, 11) is 1.47. The second kappa shape index (κ2) is 4.94. The van der Waals surface area contributed by atoms with Gasteiger partial charge in [0.05, 0.1) is 7.11 Å². The van der Waals surface area contributed by atoms with E-state index in [1.54, 1.807) is 0 Å². The Kier molecular flexibility index (Phi) is 3.29. The maximum atomic E-state index is 12.2. The van der Waals surface area contributed by atoms with Crippen molar-refractivity contribution in [1.29, 1.82) is 0 Å². The van der Waals surface area contributed by atoms with Gasteiger partial charge in [0.25, 0.3) is 0 Å². The van der Waals surface area contributed by atoms with E-state index in [4.69, 9.17) is 4.74 Å². The molecule has 104 valence electrons. The Morgan fingerprint density at radius 1 is 1.26 bits per heavy atom. The molecule has 1 aromatic rings. The smallest absolute Gasteiger partial charge is 0.316 e. The van der Waals surface area contributed by atoms with E-state index >= 15 is 0 Å². The van der Waals surface area contributed by atoms with E-state index in [1.165, 1.54) is 32.8 Å². The van der Waals surface area contributed by atoms with E-state index in [0.717, 1.165) is 24.5 Å². The topological polar surface area (TPSA) is 57.0 Å². The SMILES string of the molecule is COC(=O)C(c1nnc(C)n1C1CC1)C1CCCC1. The third-order valence-electron chi connectivity index (χ3n) is 4.41. The molecule has 0 aliphatic heterocycles. The highest BCUT2D eigenvalue weighted by Gasteiger charge is 2.39. The highest BCUT2D eigenvalue weighted by molar-refractivity contribution is 5.77. The zero-order valence-electron chi connectivity index (χ0n) is 11.6. The number of hydrogen-bond acceptors (Lipinski definition) is 4. The molecule has 0 radical (unpaired) electrons. The molecule has 1 atom stereocenters. The van der Waals surface area contributed by atoms with Crippen LogP contribution in [0.25, 0.3) is 0 Å². The lowest BCUT2D eigenvalue weighted by molar-refractivity contribution is -0.144. The molecule has 0 bridgehead atoms. The predicted molar refractivity (Wildman–Crippen MR) is 69.7 cm³/mol. The summed E-state index contributed by atoms with van der Waals surface area (Å²) in [6.07, 6.45) is 6.94. The van der Waals surface area contributed by atoms with E-state index in [9.17, 15) is 4.79 Å². The van der Waals surface area contributed by atoms with E-state index in [0.29, 0.717) is 12.0 Å². The number of ether oxygens (including phenoxy) is 1. The minimum atomic E-state index is -0.228. The monoisotopic (exact) mass is 263 g/mol. The highest BCUT2D eigenvalue weighted by Crippen LogP contribution is 2.42. The number of carbonyl (C=O) groups is 1. The molecule has 1 unspecified atom stereocenters. The average Bonchev–Trinajstić information content (AvgIpc) is 2.96. The van der Waals surface area contributed by atoms with Crippen LogP contribution in [-0.4, -0.2) is 27.8 Å². The molecule has 0 aromatic carbocycles. The molecule has 2 fully saturated rings. The summed E-state index contributed by atoms with van der Waals surface area (Å²) in [6, 6.07) is 0.499. The molecular formula is C14H21N3O2. The summed E-state index contributed by atoms with van der Waals surface area (Å²) in [6.45, 7) is 1.97. The lowest BCUT2D eigenvalue weighted by atomic mass is 9.90. The Hall–Kier alpha value is -1.39. The number of esters is 1. The van der Waals surface area contributed by atoms with Crippen molar-refractivity contribution in [1.82, 2.24) is 14.8 Å². The number of nitrogens with zero attached hydrogens (tertiary/aromatic N) is 3. The lowest BCUT2D eigenvalue weighted by Crippen LogP contribution is -2.25. The fourth-order valence-electron chi connectivity index (χ4n) is 3.31. The molecule has 2 saturated carbocycles. The fraction of sp³-hybridized carbons (Fsp3) is 0.786. The molecule has 5 nitrogen and oxygen atoms in total. The molecule has 5 heteroatoms. The number of aromatic nitrogens is 3. The van der Waals surface area contributed by atoms with Gasteiger partial charge in [-0.05, 0) is 38.5 Å². The van der Waals surface area contributed by atoms with Crippen LogP contribution in [0.15, 0.2) is 0 Å². The van der Waals surface area contributed by atoms with E-state index in [2.05, 4.69) is 14.8 Å². The molecule has 2 aliphatic rings. The van der Waals surface area contributed by atoms with E-state index < -0.39 is 0 Å². The van der Waals surface area contributed by atoms with Gasteiger partial charge in [0.2, 0.25) is 0 Å². The molecule has 0 amide bonds. The van der Waals surface area contributed by atoms with Gasteiger partial charge in [-0.15, -0.1) is 10.2 Å². The largest absolute Gasteiger partial charge is 0.468 e. The molecule has 0 N–H and O–H groups in total. The molecule has 1 heterocycles. The number of aryl methyl sites for hydroxylation is 1. The van der Waals surface area contributed by atoms with Crippen molar-refractivity contribution in [2.24, 2.45) is 5.92 Å². The van der Waals surface area contributed by atoms with Crippen LogP contribution in [0.5, 0.6) is 0 Å². The van der Waals surface area contributed by atoms with Gasteiger partial charge >= 0.3 is 5.97 Å². The van der Waals surface area contributed by atoms with Crippen molar-refractivity contribution in [3.05, 3.63) is 11.6 Å². The van der Waals surface area contributed by atoms with Crippen LogP contribution in [0.4, 0.5) is 0 Å². The molecule has 0 saturated heterocycles. The molecule has 2 aliphatic carbocycles. The van der Waals surface area contributed by atoms with E-state index in [1.807, 2.05) is 6.92 Å². The van der Waals surface area contributed by atoms with Gasteiger partial charge in [-0.1, -0.05) is 12.8 Å². The predicted octanol–water partition coefficient (Wildman–Crippen LogP) is 2.37. The van der Waals surface area contributed by atoms with Gasteiger partial charge in [0.1, 0.15) is 17.6 Å². The van der Waals surface area contributed by atoms with Crippen LogP contribution in [0.3, 0.4) is 0 Å². The van der Waals surface area contributed by atoms with Crippen LogP contribution in [0.2, 0.25) is 0 Å². The van der Waals surface area contributed by atoms with Gasteiger partial charge in [-0.3, -0.25) is 4.79 Å². The van der Waals surface area contributed by atoms with Gasteiger partial charge in [-0.25, -0.2) is 0 Å². The Morgan fingerprint density at radius 2 is 1.95 bits per heavy atom. The standard InChI is InChI=1S/C14H21N3O2/c1-9-15-16-13(17(9)11-7-8-11)12(14(18)19-2)10-5-3-4-6-10/h10-12H,3-8H2,1-2H3. The molecule has 3 rings (SSSR count). The quantitative estimate of drug-likeness (QED) is 0.782. The average molecular weight is 263 g/mol. The molecule has 1 aromatic heterocycles. The summed E-state index contributed by atoms with van der Waals surface area (Å²) < 4.78 is 7.19. The van der Waals surface area contributed by atoms with Gasteiger partial charge in [-0.2, -0.15) is 0 Å². The van der Waals surface area contributed by atoms with Crippen LogP contribution >= 0.6 is 0 Å². The lowest BCUT2D eigenvalue weighted by Gasteiger charge is -2.21. The zero-order valence-corrected chi connectivity index (χ0v) is 11.6. The van der Waals surface area contributed by atoms with Crippen molar-refractivity contribution in [3.8, 4) is 0 Å². The van der Waals surface area contributed by atoms with Crippen molar-refractivity contribution in [2.75, 3.05) is 7.11 Å². The second-order valence-corrected chi connectivity index (χ2v) is 5.75. The van der Waals surface area contributed by atoms with Gasteiger partial charge in [0.15, 0.2) is 0 Å². The first-order valence-corrected chi connectivity index (χ1v) is 7.21. The Labute approximate surface area is 113 Å². The zero-order chi connectivity index (χ0) is 13.4. The minimum Gasteiger partial charge on any atom is -0.468 e. The second-order valence-electron chi connectivity index (χ2n) is 5.75. The van der Waals surface area contributed by atoms with Gasteiger partial charge in [0, 0.05) is 6.04 Å². The number of rotatable bonds is 4. The summed E-state index contributed by atoms with van der Waals surface area (Å²) in [5.41, 5.74) is 0. The van der Waals surface area contributed by atoms with E-state index in [-0.39, 0.29) is 11.9 Å². The normalized spacial score (nSPS) is 21.6. The maximum Gasteiger partial charge on any atom is 0.316 e. The third kappa shape index (κ3) is 2.26. The van der Waals surface area contributed by atoms with Crippen molar-refractivity contribution in [3.63, 3.8) is 0 Å². The number of carbonyl (C=O) groups excluding carboxylic acids is 1. The van der Waals surface area contributed by atoms with Crippen molar-refractivity contribution >= 4 is 5.97 Å². The first kappa shape index (κ1) is 12.6. The van der Waals surface area contributed by atoms with Crippen LogP contribution in [-0.2, 0) is 9.53 Å². The first-order valence-electron chi connectivity index (χ1n) is 7.21. The number of hydrogen-bond donors (Lipinski definition) is 0.